The van der Waals surface area contributed by atoms with Crippen molar-refractivity contribution in [3.63, 3.8) is 0 Å². The first-order chi connectivity index (χ1) is 11.2. The fraction of sp³-hybridized carbons (Fsp3) is 0.250. The highest BCUT2D eigenvalue weighted by Gasteiger charge is 2.40. The van der Waals surface area contributed by atoms with Gasteiger partial charge in [0, 0.05) is 48.2 Å². The van der Waals surface area contributed by atoms with E-state index in [9.17, 15) is 15.0 Å². The minimum Gasteiger partial charge on any atom is -0.457 e. The van der Waals surface area contributed by atoms with Crippen LogP contribution in [0.15, 0.2) is 47.8 Å². The number of fused-ring (bicyclic) bond motifs is 5. The number of benzene rings is 2. The average Bonchev–Trinajstić information content (AvgIpc) is 2.94. The molecule has 2 aromatic carbocycles. The lowest BCUT2D eigenvalue weighted by Gasteiger charge is -2.16. The normalized spacial score (nSPS) is 21.5. The van der Waals surface area contributed by atoms with Crippen LogP contribution in [0.4, 0.5) is 5.69 Å². The number of hydrogen-bond acceptors (Lipinski definition) is 5. The molecule has 0 unspecified atom stereocenters. The second kappa shape index (κ2) is 5.05. The summed E-state index contributed by atoms with van der Waals surface area (Å²) in [5.41, 5.74) is 1.78. The fourth-order valence-electron chi connectivity index (χ4n) is 3.51. The summed E-state index contributed by atoms with van der Waals surface area (Å²) in [6, 6.07) is 12.3. The van der Waals surface area contributed by atoms with Gasteiger partial charge in [-0.1, -0.05) is 18.2 Å². The van der Waals surface area contributed by atoms with Gasteiger partial charge >= 0.3 is 0 Å². The number of nitrogens with zero attached hydrogens (tertiary/aromatic N) is 3. The van der Waals surface area contributed by atoms with Gasteiger partial charge in [0.05, 0.1) is 10.2 Å². The molecule has 116 valence electrons. The minimum absolute atomic E-state index is 0.0205. The number of ether oxygens (including phenoxy) is 1. The van der Waals surface area contributed by atoms with Gasteiger partial charge in [-0.05, 0) is 12.1 Å². The molecule has 7 heteroatoms. The van der Waals surface area contributed by atoms with Crippen molar-refractivity contribution in [1.82, 2.24) is 5.01 Å². The average molecular weight is 311 g/mol. The van der Waals surface area contributed by atoms with Crippen LogP contribution in [0.2, 0.25) is 0 Å². The molecule has 0 N–H and O–H groups in total. The first-order valence-electron chi connectivity index (χ1n) is 7.30. The summed E-state index contributed by atoms with van der Waals surface area (Å²) >= 11 is 0. The molecular formula is C16H13N3O4. The molecule has 7 nitrogen and oxygen atoms in total. The van der Waals surface area contributed by atoms with E-state index in [0.29, 0.717) is 18.8 Å². The first-order valence-corrected chi connectivity index (χ1v) is 7.30. The van der Waals surface area contributed by atoms with Crippen LogP contribution >= 0.6 is 0 Å². The van der Waals surface area contributed by atoms with E-state index >= 15 is 0 Å². The minimum atomic E-state index is -0.419. The Kier molecular flexibility index (Phi) is 3.00. The Balaban J connectivity index is 1.90. The SMILES string of the molecule is O=NN1C[C@@H]2c3ccccc3Oc3ccc([N+](=O)[O-])cc3[C@H]2C1. The summed E-state index contributed by atoms with van der Waals surface area (Å²) < 4.78 is 5.99. The van der Waals surface area contributed by atoms with Crippen molar-refractivity contribution in [3.8, 4) is 11.5 Å². The van der Waals surface area contributed by atoms with Crippen molar-refractivity contribution >= 4 is 5.69 Å². The number of para-hydroxylation sites is 1. The van der Waals surface area contributed by atoms with E-state index in [1.807, 2.05) is 24.3 Å². The summed E-state index contributed by atoms with van der Waals surface area (Å²) in [7, 11) is 0. The van der Waals surface area contributed by atoms with Crippen LogP contribution in [0.5, 0.6) is 11.5 Å². The highest BCUT2D eigenvalue weighted by Crippen LogP contribution is 2.50. The van der Waals surface area contributed by atoms with E-state index in [0.717, 1.165) is 16.9 Å². The lowest BCUT2D eigenvalue weighted by Crippen LogP contribution is -2.12. The van der Waals surface area contributed by atoms with Gasteiger partial charge in [-0.25, -0.2) is 0 Å². The van der Waals surface area contributed by atoms with Crippen LogP contribution in [0.25, 0.3) is 0 Å². The second-order valence-corrected chi connectivity index (χ2v) is 5.79. The molecular weight excluding hydrogens is 298 g/mol. The monoisotopic (exact) mass is 311 g/mol. The molecule has 2 atom stereocenters. The highest BCUT2D eigenvalue weighted by atomic mass is 16.6. The summed E-state index contributed by atoms with van der Waals surface area (Å²) in [5.74, 6) is 1.28. The van der Waals surface area contributed by atoms with Crippen molar-refractivity contribution in [3.05, 3.63) is 68.6 Å². The van der Waals surface area contributed by atoms with Crippen LogP contribution in [0, 0.1) is 15.0 Å². The number of hydrogen-bond donors (Lipinski definition) is 0. The smallest absolute Gasteiger partial charge is 0.269 e. The highest BCUT2D eigenvalue weighted by molar-refractivity contribution is 5.54. The van der Waals surface area contributed by atoms with Crippen molar-refractivity contribution in [2.45, 2.75) is 11.8 Å². The zero-order valence-corrected chi connectivity index (χ0v) is 12.1. The van der Waals surface area contributed by atoms with Crippen LogP contribution < -0.4 is 4.74 Å². The van der Waals surface area contributed by atoms with Crippen LogP contribution in [0.3, 0.4) is 0 Å². The lowest BCUT2D eigenvalue weighted by molar-refractivity contribution is -0.384. The molecule has 2 aliphatic heterocycles. The molecule has 0 saturated carbocycles. The Morgan fingerprint density at radius 2 is 1.78 bits per heavy atom. The van der Waals surface area contributed by atoms with Crippen LogP contribution in [-0.2, 0) is 0 Å². The first kappa shape index (κ1) is 13.7. The number of non-ortho nitro benzene ring substituents is 1. The lowest BCUT2D eigenvalue weighted by atomic mass is 9.84. The largest absolute Gasteiger partial charge is 0.457 e. The van der Waals surface area contributed by atoms with Gasteiger partial charge in [-0.2, -0.15) is 0 Å². The molecule has 1 fully saturated rings. The number of nitro groups is 1. The molecule has 0 radical (unpaired) electrons. The van der Waals surface area contributed by atoms with Crippen LogP contribution in [0.1, 0.15) is 23.0 Å². The molecule has 2 aromatic rings. The third kappa shape index (κ3) is 2.12. The van der Waals surface area contributed by atoms with Gasteiger partial charge in [-0.15, -0.1) is 4.91 Å². The maximum Gasteiger partial charge on any atom is 0.269 e. The maximum atomic E-state index is 11.1. The molecule has 4 rings (SSSR count). The third-order valence-corrected chi connectivity index (χ3v) is 4.56. The zero-order chi connectivity index (χ0) is 16.0. The van der Waals surface area contributed by atoms with E-state index in [1.54, 1.807) is 12.1 Å². The van der Waals surface area contributed by atoms with E-state index in [1.165, 1.54) is 11.1 Å². The van der Waals surface area contributed by atoms with Gasteiger partial charge in [0.15, 0.2) is 0 Å². The van der Waals surface area contributed by atoms with E-state index in [2.05, 4.69) is 5.29 Å². The number of rotatable bonds is 2. The summed E-state index contributed by atoms with van der Waals surface area (Å²) in [5, 5.41) is 15.6. The molecule has 0 aromatic heterocycles. The predicted molar refractivity (Wildman–Crippen MR) is 82.5 cm³/mol. The van der Waals surface area contributed by atoms with Gasteiger partial charge in [0.25, 0.3) is 5.69 Å². The van der Waals surface area contributed by atoms with Crippen molar-refractivity contribution in [1.29, 1.82) is 0 Å². The molecule has 1 saturated heterocycles. The molecule has 0 amide bonds. The van der Waals surface area contributed by atoms with E-state index in [4.69, 9.17) is 4.74 Å². The fourth-order valence-corrected chi connectivity index (χ4v) is 3.51. The quantitative estimate of drug-likeness (QED) is 0.481. The van der Waals surface area contributed by atoms with Crippen molar-refractivity contribution in [2.75, 3.05) is 13.1 Å². The van der Waals surface area contributed by atoms with E-state index < -0.39 is 4.92 Å². The molecule has 0 spiro atoms. The third-order valence-electron chi connectivity index (χ3n) is 4.56. The Hall–Kier alpha value is -2.96. The molecule has 0 aliphatic carbocycles. The number of nitroso groups, excluding NO2 is 1. The predicted octanol–water partition coefficient (Wildman–Crippen LogP) is 3.56. The standard InChI is InChI=1S/C16H13N3O4/c20-17-18-8-13-11-3-1-2-4-15(11)23-16-6-5-10(19(21)22)7-12(16)14(13)9-18/h1-7,13-14H,8-9H2/t13-,14-/m1/s1. The molecule has 2 aliphatic rings. The Morgan fingerprint density at radius 1 is 1.09 bits per heavy atom. The Bertz CT molecular complexity index is 808. The number of nitro benzene ring substituents is 1. The molecule has 2 heterocycles. The summed E-state index contributed by atoms with van der Waals surface area (Å²) in [4.78, 5) is 21.6. The molecule has 23 heavy (non-hydrogen) atoms. The van der Waals surface area contributed by atoms with Crippen molar-refractivity contribution in [2.24, 2.45) is 5.29 Å². The van der Waals surface area contributed by atoms with Crippen molar-refractivity contribution < 1.29 is 9.66 Å². The topological polar surface area (TPSA) is 85.0 Å². The van der Waals surface area contributed by atoms with Gasteiger partial charge < -0.3 is 4.74 Å². The Morgan fingerprint density at radius 3 is 2.52 bits per heavy atom. The van der Waals surface area contributed by atoms with E-state index in [-0.39, 0.29) is 17.5 Å². The Labute approximate surface area is 131 Å². The van der Waals surface area contributed by atoms with Crippen LogP contribution in [-0.4, -0.2) is 23.0 Å². The summed E-state index contributed by atoms with van der Waals surface area (Å²) in [6.45, 7) is 0.913. The van der Waals surface area contributed by atoms with Gasteiger partial charge in [0.2, 0.25) is 0 Å². The maximum absolute atomic E-state index is 11.1. The molecule has 0 bridgehead atoms. The van der Waals surface area contributed by atoms with Gasteiger partial charge in [0.1, 0.15) is 11.5 Å². The summed E-state index contributed by atoms with van der Waals surface area (Å²) in [6.07, 6.45) is 0. The second-order valence-electron chi connectivity index (χ2n) is 5.79. The zero-order valence-electron chi connectivity index (χ0n) is 12.1. The van der Waals surface area contributed by atoms with Gasteiger partial charge in [-0.3, -0.25) is 15.1 Å².